The summed E-state index contributed by atoms with van der Waals surface area (Å²) in [6.45, 7) is 0. The van der Waals surface area contributed by atoms with Crippen LogP contribution >= 0.6 is 11.3 Å². The Kier molecular flexibility index (Phi) is 2.55. The molecule has 21 heavy (non-hydrogen) atoms. The topological polar surface area (TPSA) is 42.3 Å². The highest BCUT2D eigenvalue weighted by molar-refractivity contribution is 7.08. The molecule has 0 saturated carbocycles. The van der Waals surface area contributed by atoms with Crippen molar-refractivity contribution in [2.45, 2.75) is 0 Å². The monoisotopic (exact) mass is 294 g/mol. The molecule has 0 unspecified atom stereocenters. The predicted octanol–water partition coefficient (Wildman–Crippen LogP) is 3.12. The second-order valence-electron chi connectivity index (χ2n) is 4.73. The number of fused-ring (bicyclic) bond motifs is 1. The first-order valence-corrected chi connectivity index (χ1v) is 7.39. The number of hydrogen-bond donors (Lipinski definition) is 0. The molecule has 2 aromatic heterocycles. The molecule has 5 heteroatoms. The third-order valence-corrected chi connectivity index (χ3v) is 4.20. The first-order valence-electron chi connectivity index (χ1n) is 6.44. The number of benzene rings is 1. The van der Waals surface area contributed by atoms with Gasteiger partial charge in [-0.2, -0.15) is 11.3 Å². The van der Waals surface area contributed by atoms with Crippen molar-refractivity contribution in [1.82, 2.24) is 4.57 Å². The van der Waals surface area contributed by atoms with Gasteiger partial charge in [-0.3, -0.25) is 9.59 Å². The average Bonchev–Trinajstić information content (AvgIpc) is 3.19. The molecule has 0 N–H and O–H groups in total. The van der Waals surface area contributed by atoms with Crippen molar-refractivity contribution in [2.24, 2.45) is 0 Å². The van der Waals surface area contributed by atoms with Gasteiger partial charge < -0.3 is 4.57 Å². The molecule has 3 aromatic rings. The minimum absolute atomic E-state index is 0.298. The van der Waals surface area contributed by atoms with Crippen LogP contribution in [0.3, 0.4) is 0 Å². The SMILES string of the molecule is O=C1C=CC(=O)N1c1cn(-c2ccsc2)c2ccccc12. The summed E-state index contributed by atoms with van der Waals surface area (Å²) in [4.78, 5) is 25.1. The first kappa shape index (κ1) is 12.1. The lowest BCUT2D eigenvalue weighted by Gasteiger charge is -2.11. The fourth-order valence-corrected chi connectivity index (χ4v) is 3.21. The van der Waals surface area contributed by atoms with Gasteiger partial charge in [0.05, 0.1) is 16.9 Å². The first-order chi connectivity index (χ1) is 10.3. The van der Waals surface area contributed by atoms with Gasteiger partial charge in [0.15, 0.2) is 0 Å². The zero-order valence-electron chi connectivity index (χ0n) is 10.9. The van der Waals surface area contributed by atoms with E-state index in [9.17, 15) is 9.59 Å². The Bertz CT molecular complexity index is 872. The molecule has 0 fully saturated rings. The van der Waals surface area contributed by atoms with Crippen molar-refractivity contribution < 1.29 is 9.59 Å². The van der Waals surface area contributed by atoms with E-state index in [0.717, 1.165) is 16.6 Å². The molecule has 1 aromatic carbocycles. The zero-order chi connectivity index (χ0) is 14.4. The fourth-order valence-electron chi connectivity index (χ4n) is 2.59. The maximum Gasteiger partial charge on any atom is 0.258 e. The Balaban J connectivity index is 1.99. The summed E-state index contributed by atoms with van der Waals surface area (Å²) in [5.41, 5.74) is 2.62. The van der Waals surface area contributed by atoms with E-state index in [2.05, 4.69) is 0 Å². The van der Waals surface area contributed by atoms with Crippen LogP contribution in [0.1, 0.15) is 0 Å². The number of carbonyl (C=O) groups excluding carboxylic acids is 2. The maximum atomic E-state index is 11.9. The number of amides is 2. The molecule has 102 valence electrons. The van der Waals surface area contributed by atoms with Crippen molar-refractivity contribution in [3.63, 3.8) is 0 Å². The van der Waals surface area contributed by atoms with Crippen LogP contribution in [-0.4, -0.2) is 16.4 Å². The second-order valence-corrected chi connectivity index (χ2v) is 5.51. The lowest BCUT2D eigenvalue weighted by molar-refractivity contribution is -0.119. The lowest BCUT2D eigenvalue weighted by atomic mass is 10.2. The van der Waals surface area contributed by atoms with Gasteiger partial charge in [0.2, 0.25) is 0 Å². The third kappa shape index (κ3) is 1.75. The summed E-state index contributed by atoms with van der Waals surface area (Å²) in [6.07, 6.45) is 4.45. The van der Waals surface area contributed by atoms with E-state index in [0.29, 0.717) is 5.69 Å². The van der Waals surface area contributed by atoms with E-state index in [1.165, 1.54) is 17.1 Å². The highest BCUT2D eigenvalue weighted by atomic mass is 32.1. The van der Waals surface area contributed by atoms with Crippen LogP contribution in [0.25, 0.3) is 16.6 Å². The molecule has 0 atom stereocenters. The van der Waals surface area contributed by atoms with Crippen molar-refractivity contribution in [1.29, 1.82) is 0 Å². The summed E-state index contributed by atoms with van der Waals surface area (Å²) in [5, 5.41) is 4.91. The van der Waals surface area contributed by atoms with Crippen LogP contribution in [0.5, 0.6) is 0 Å². The Morgan fingerprint density at radius 1 is 0.952 bits per heavy atom. The van der Waals surface area contributed by atoms with Gasteiger partial charge >= 0.3 is 0 Å². The van der Waals surface area contributed by atoms with E-state index in [-0.39, 0.29) is 11.8 Å². The van der Waals surface area contributed by atoms with Gasteiger partial charge in [0.25, 0.3) is 11.8 Å². The number of anilines is 1. The Morgan fingerprint density at radius 2 is 1.71 bits per heavy atom. The van der Waals surface area contributed by atoms with Gasteiger partial charge in [0, 0.05) is 29.1 Å². The molecular formula is C16H10N2O2S. The average molecular weight is 294 g/mol. The fraction of sp³-hybridized carbons (Fsp3) is 0. The second kappa shape index (κ2) is 4.43. The molecule has 2 amide bonds. The molecule has 0 aliphatic carbocycles. The Hall–Kier alpha value is -2.66. The highest BCUT2D eigenvalue weighted by Crippen LogP contribution is 2.33. The van der Waals surface area contributed by atoms with E-state index < -0.39 is 0 Å². The summed E-state index contributed by atoms with van der Waals surface area (Å²) >= 11 is 1.60. The third-order valence-electron chi connectivity index (χ3n) is 3.53. The molecule has 0 bridgehead atoms. The van der Waals surface area contributed by atoms with Crippen LogP contribution in [-0.2, 0) is 9.59 Å². The minimum atomic E-state index is -0.298. The summed E-state index contributed by atoms with van der Waals surface area (Å²) in [6, 6.07) is 9.76. The van der Waals surface area contributed by atoms with Gasteiger partial charge in [-0.1, -0.05) is 18.2 Å². The van der Waals surface area contributed by atoms with Crippen LogP contribution < -0.4 is 4.90 Å². The molecule has 1 aliphatic heterocycles. The number of imide groups is 1. The van der Waals surface area contributed by atoms with E-state index in [4.69, 9.17) is 0 Å². The molecule has 4 rings (SSSR count). The molecular weight excluding hydrogens is 284 g/mol. The lowest BCUT2D eigenvalue weighted by Crippen LogP contribution is -2.29. The number of thiophene rings is 1. The largest absolute Gasteiger partial charge is 0.314 e. The van der Waals surface area contributed by atoms with E-state index in [1.807, 2.05) is 51.9 Å². The smallest absolute Gasteiger partial charge is 0.258 e. The quantitative estimate of drug-likeness (QED) is 0.681. The summed E-state index contributed by atoms with van der Waals surface area (Å²) in [7, 11) is 0. The number of para-hydroxylation sites is 1. The van der Waals surface area contributed by atoms with Crippen LogP contribution in [0.4, 0.5) is 5.69 Å². The van der Waals surface area contributed by atoms with Crippen molar-refractivity contribution >= 4 is 39.7 Å². The van der Waals surface area contributed by atoms with Crippen LogP contribution in [0.15, 0.2) is 59.4 Å². The van der Waals surface area contributed by atoms with Gasteiger partial charge in [0.1, 0.15) is 0 Å². The molecule has 0 saturated heterocycles. The Morgan fingerprint density at radius 3 is 2.43 bits per heavy atom. The normalized spacial score (nSPS) is 14.6. The van der Waals surface area contributed by atoms with Gasteiger partial charge in [-0.05, 0) is 17.5 Å². The van der Waals surface area contributed by atoms with Crippen LogP contribution in [0.2, 0.25) is 0 Å². The molecule has 0 radical (unpaired) electrons. The predicted molar refractivity (Wildman–Crippen MR) is 82.8 cm³/mol. The van der Waals surface area contributed by atoms with E-state index in [1.54, 1.807) is 11.3 Å². The zero-order valence-corrected chi connectivity index (χ0v) is 11.7. The van der Waals surface area contributed by atoms with Crippen molar-refractivity contribution in [2.75, 3.05) is 4.90 Å². The van der Waals surface area contributed by atoms with Crippen molar-refractivity contribution in [3.05, 3.63) is 59.4 Å². The number of carbonyl (C=O) groups is 2. The summed E-state index contributed by atoms with van der Waals surface area (Å²) in [5.74, 6) is -0.596. The van der Waals surface area contributed by atoms with Crippen LogP contribution in [0, 0.1) is 0 Å². The van der Waals surface area contributed by atoms with Gasteiger partial charge in [-0.15, -0.1) is 0 Å². The molecule has 1 aliphatic rings. The number of nitrogens with zero attached hydrogens (tertiary/aromatic N) is 2. The standard InChI is InChI=1S/C16H10N2O2S/c19-15-5-6-16(20)18(15)14-9-17(11-7-8-21-10-11)13-4-2-1-3-12(13)14/h1-10H. The molecule has 4 nitrogen and oxygen atoms in total. The summed E-state index contributed by atoms with van der Waals surface area (Å²) < 4.78 is 2.00. The Labute approximate surface area is 124 Å². The number of rotatable bonds is 2. The highest BCUT2D eigenvalue weighted by Gasteiger charge is 2.28. The minimum Gasteiger partial charge on any atom is -0.314 e. The molecule has 3 heterocycles. The number of hydrogen-bond acceptors (Lipinski definition) is 3. The number of aromatic nitrogens is 1. The van der Waals surface area contributed by atoms with E-state index >= 15 is 0 Å². The molecule has 0 spiro atoms. The van der Waals surface area contributed by atoms with Crippen molar-refractivity contribution in [3.8, 4) is 5.69 Å². The van der Waals surface area contributed by atoms with Gasteiger partial charge in [-0.25, -0.2) is 4.90 Å². The maximum absolute atomic E-state index is 11.9.